The van der Waals surface area contributed by atoms with E-state index in [1.807, 2.05) is 23.1 Å². The first-order chi connectivity index (χ1) is 10.2. The molecule has 0 saturated carbocycles. The molecule has 1 aromatic rings. The maximum absolute atomic E-state index is 12.0. The van der Waals surface area contributed by atoms with Crippen LogP contribution in [0.2, 0.25) is 5.02 Å². The van der Waals surface area contributed by atoms with Gasteiger partial charge in [0.1, 0.15) is 0 Å². The van der Waals surface area contributed by atoms with Crippen LogP contribution in [0.15, 0.2) is 24.3 Å². The third-order valence-electron chi connectivity index (χ3n) is 4.55. The number of hydrogen-bond donors (Lipinski definition) is 0. The molecule has 0 aliphatic carbocycles. The molecule has 114 valence electrons. The second-order valence-corrected chi connectivity index (χ2v) is 6.30. The molecule has 5 heteroatoms. The Morgan fingerprint density at radius 3 is 2.90 bits per heavy atom. The monoisotopic (exact) mass is 308 g/mol. The van der Waals surface area contributed by atoms with Crippen molar-refractivity contribution < 1.29 is 9.53 Å². The zero-order valence-corrected chi connectivity index (χ0v) is 13.1. The number of rotatable bonds is 5. The molecule has 2 fully saturated rings. The van der Waals surface area contributed by atoms with Crippen LogP contribution in [0.4, 0.5) is 0 Å². The normalized spacial score (nSPS) is 24.8. The molecular formula is C16H21ClN2O2. The van der Waals surface area contributed by atoms with E-state index in [1.54, 1.807) is 7.11 Å². The first-order valence-corrected chi connectivity index (χ1v) is 7.81. The van der Waals surface area contributed by atoms with Crippen molar-refractivity contribution in [1.82, 2.24) is 9.80 Å². The lowest BCUT2D eigenvalue weighted by Crippen LogP contribution is -2.54. The molecule has 2 atom stereocenters. The van der Waals surface area contributed by atoms with E-state index in [0.717, 1.165) is 31.2 Å². The summed E-state index contributed by atoms with van der Waals surface area (Å²) < 4.78 is 4.98. The van der Waals surface area contributed by atoms with Gasteiger partial charge in [0.15, 0.2) is 0 Å². The Morgan fingerprint density at radius 1 is 1.33 bits per heavy atom. The summed E-state index contributed by atoms with van der Waals surface area (Å²) in [6.45, 7) is 4.18. The average molecular weight is 309 g/mol. The Hall–Kier alpha value is -1.10. The molecular weight excluding hydrogens is 288 g/mol. The van der Waals surface area contributed by atoms with E-state index in [0.29, 0.717) is 25.0 Å². The Kier molecular flexibility index (Phi) is 4.48. The third-order valence-corrected chi connectivity index (χ3v) is 4.92. The number of likely N-dealkylation sites (tertiary alicyclic amines) is 2. The van der Waals surface area contributed by atoms with E-state index in [9.17, 15) is 4.79 Å². The second kappa shape index (κ2) is 6.34. The van der Waals surface area contributed by atoms with E-state index >= 15 is 0 Å². The van der Waals surface area contributed by atoms with Gasteiger partial charge in [-0.3, -0.25) is 9.69 Å². The van der Waals surface area contributed by atoms with Gasteiger partial charge in [-0.2, -0.15) is 0 Å². The van der Waals surface area contributed by atoms with E-state index in [-0.39, 0.29) is 5.91 Å². The Labute approximate surface area is 130 Å². The molecule has 2 heterocycles. The van der Waals surface area contributed by atoms with Gasteiger partial charge >= 0.3 is 0 Å². The summed E-state index contributed by atoms with van der Waals surface area (Å²) in [7, 11) is 1.63. The van der Waals surface area contributed by atoms with Crippen LogP contribution in [0, 0.1) is 5.92 Å². The van der Waals surface area contributed by atoms with Gasteiger partial charge in [0.05, 0.1) is 13.0 Å². The summed E-state index contributed by atoms with van der Waals surface area (Å²) in [5.41, 5.74) is 1.17. The first-order valence-electron chi connectivity index (χ1n) is 7.43. The topological polar surface area (TPSA) is 32.8 Å². The van der Waals surface area contributed by atoms with Gasteiger partial charge in [-0.25, -0.2) is 0 Å². The van der Waals surface area contributed by atoms with Crippen LogP contribution in [0.25, 0.3) is 0 Å². The van der Waals surface area contributed by atoms with E-state index in [1.165, 1.54) is 5.56 Å². The predicted molar refractivity (Wildman–Crippen MR) is 82.2 cm³/mol. The summed E-state index contributed by atoms with van der Waals surface area (Å²) in [6.07, 6.45) is 0.487. The number of amides is 1. The van der Waals surface area contributed by atoms with Gasteiger partial charge in [-0.1, -0.05) is 29.8 Å². The summed E-state index contributed by atoms with van der Waals surface area (Å²) in [6, 6.07) is 8.48. The van der Waals surface area contributed by atoms with Gasteiger partial charge in [0.25, 0.3) is 0 Å². The van der Waals surface area contributed by atoms with Crippen molar-refractivity contribution in [2.75, 3.05) is 33.4 Å². The molecule has 21 heavy (non-hydrogen) atoms. The lowest BCUT2D eigenvalue weighted by Gasteiger charge is -2.43. The van der Waals surface area contributed by atoms with Crippen molar-refractivity contribution in [2.45, 2.75) is 19.0 Å². The lowest BCUT2D eigenvalue weighted by atomic mass is 9.91. The van der Waals surface area contributed by atoms with Crippen LogP contribution in [-0.2, 0) is 16.1 Å². The minimum Gasteiger partial charge on any atom is -0.384 e. The van der Waals surface area contributed by atoms with Crippen molar-refractivity contribution in [3.63, 3.8) is 0 Å². The highest BCUT2D eigenvalue weighted by atomic mass is 35.5. The molecule has 2 aliphatic heterocycles. The standard InChI is InChI=1S/C16H21ClN2O2/c1-21-7-6-16(20)19-10-13-9-18(15(13)11-19)8-12-4-2-3-5-14(12)17/h2-5,13,15H,6-11H2,1H3/t13-,15-/m0/s1. The number of benzene rings is 1. The van der Waals surface area contributed by atoms with Crippen LogP contribution < -0.4 is 0 Å². The van der Waals surface area contributed by atoms with Crippen LogP contribution in [0.1, 0.15) is 12.0 Å². The summed E-state index contributed by atoms with van der Waals surface area (Å²) >= 11 is 6.22. The molecule has 3 rings (SSSR count). The summed E-state index contributed by atoms with van der Waals surface area (Å²) in [5, 5.41) is 0.826. The number of nitrogens with zero attached hydrogens (tertiary/aromatic N) is 2. The highest BCUT2D eigenvalue weighted by Gasteiger charge is 2.46. The van der Waals surface area contributed by atoms with Gasteiger partial charge in [0, 0.05) is 50.3 Å². The molecule has 0 aromatic heterocycles. The van der Waals surface area contributed by atoms with Crippen molar-refractivity contribution in [2.24, 2.45) is 5.92 Å². The van der Waals surface area contributed by atoms with Gasteiger partial charge in [0.2, 0.25) is 5.91 Å². The molecule has 0 spiro atoms. The molecule has 0 bridgehead atoms. The minimum absolute atomic E-state index is 0.212. The fraction of sp³-hybridized carbons (Fsp3) is 0.562. The number of fused-ring (bicyclic) bond motifs is 1. The van der Waals surface area contributed by atoms with Crippen molar-refractivity contribution in [1.29, 1.82) is 0 Å². The molecule has 1 aromatic carbocycles. The smallest absolute Gasteiger partial charge is 0.224 e. The zero-order valence-electron chi connectivity index (χ0n) is 12.3. The zero-order chi connectivity index (χ0) is 14.8. The maximum Gasteiger partial charge on any atom is 0.224 e. The predicted octanol–water partition coefficient (Wildman–Crippen LogP) is 2.02. The largest absolute Gasteiger partial charge is 0.384 e. The fourth-order valence-electron chi connectivity index (χ4n) is 3.32. The van der Waals surface area contributed by atoms with Crippen LogP contribution >= 0.6 is 11.6 Å². The number of halogens is 1. The lowest BCUT2D eigenvalue weighted by molar-refractivity contribution is -0.131. The number of carbonyl (C=O) groups excluding carboxylic acids is 1. The number of carbonyl (C=O) groups is 1. The number of ether oxygens (including phenoxy) is 1. The van der Waals surface area contributed by atoms with Crippen molar-refractivity contribution in [3.8, 4) is 0 Å². The average Bonchev–Trinajstić information content (AvgIpc) is 2.81. The highest BCUT2D eigenvalue weighted by molar-refractivity contribution is 6.31. The Bertz CT molecular complexity index is 523. The van der Waals surface area contributed by atoms with Crippen molar-refractivity contribution in [3.05, 3.63) is 34.9 Å². The molecule has 4 nitrogen and oxygen atoms in total. The van der Waals surface area contributed by atoms with E-state index in [2.05, 4.69) is 11.0 Å². The molecule has 0 N–H and O–H groups in total. The molecule has 0 unspecified atom stereocenters. The van der Waals surface area contributed by atoms with E-state index < -0.39 is 0 Å². The molecule has 0 radical (unpaired) electrons. The Morgan fingerprint density at radius 2 is 2.14 bits per heavy atom. The quantitative estimate of drug-likeness (QED) is 0.834. The number of hydrogen-bond acceptors (Lipinski definition) is 3. The number of methoxy groups -OCH3 is 1. The maximum atomic E-state index is 12.0. The van der Waals surface area contributed by atoms with Gasteiger partial charge in [-0.05, 0) is 11.6 Å². The van der Waals surface area contributed by atoms with Crippen molar-refractivity contribution >= 4 is 17.5 Å². The SMILES string of the molecule is COCCC(=O)N1C[C@@H]2CN(Cc3ccccc3Cl)[C@H]2C1. The molecule has 2 saturated heterocycles. The molecule has 2 aliphatic rings. The Balaban J connectivity index is 1.55. The molecule has 1 amide bonds. The summed E-state index contributed by atoms with van der Waals surface area (Å²) in [5.74, 6) is 0.836. The first kappa shape index (κ1) is 14.8. The third kappa shape index (κ3) is 3.07. The van der Waals surface area contributed by atoms with Gasteiger partial charge < -0.3 is 9.64 Å². The fourth-order valence-corrected chi connectivity index (χ4v) is 3.52. The van der Waals surface area contributed by atoms with Crippen LogP contribution in [0.3, 0.4) is 0 Å². The summed E-state index contributed by atoms with van der Waals surface area (Å²) in [4.78, 5) is 16.5. The second-order valence-electron chi connectivity index (χ2n) is 5.89. The highest BCUT2D eigenvalue weighted by Crippen LogP contribution is 2.34. The van der Waals surface area contributed by atoms with Crippen LogP contribution in [0.5, 0.6) is 0 Å². The van der Waals surface area contributed by atoms with Crippen LogP contribution in [-0.4, -0.2) is 55.1 Å². The minimum atomic E-state index is 0.212. The van der Waals surface area contributed by atoms with E-state index in [4.69, 9.17) is 16.3 Å². The van der Waals surface area contributed by atoms with Gasteiger partial charge in [-0.15, -0.1) is 0 Å².